The molecule has 1 aliphatic heterocycles. The zero-order chi connectivity index (χ0) is 15.9. The Morgan fingerprint density at radius 3 is 2.96 bits per heavy atom. The van der Waals surface area contributed by atoms with Gasteiger partial charge in [-0.3, -0.25) is 4.79 Å². The summed E-state index contributed by atoms with van der Waals surface area (Å²) in [6.45, 7) is 0.841. The standard InChI is InChI=1S/C15H20F2N2O3.ClH/c1-10(11-3-2-4-13(7-11)22-15(16)17)19-14(20)8-12-9-21-6-5-18-12;/h2-4,7,10,12,15,18H,5-6,8-9H2,1H3,(H,19,20);1H. The molecule has 130 valence electrons. The first-order valence-electron chi connectivity index (χ1n) is 7.20. The second-order valence-electron chi connectivity index (χ2n) is 5.17. The molecule has 1 saturated heterocycles. The molecule has 0 aromatic heterocycles. The molecule has 0 aliphatic carbocycles. The minimum Gasteiger partial charge on any atom is -0.435 e. The second-order valence-corrected chi connectivity index (χ2v) is 5.17. The van der Waals surface area contributed by atoms with Crippen molar-refractivity contribution in [1.82, 2.24) is 10.6 Å². The molecule has 1 heterocycles. The first kappa shape index (κ1) is 19.6. The summed E-state index contributed by atoms with van der Waals surface area (Å²) in [5.74, 6) is -0.0355. The molecule has 1 fully saturated rings. The highest BCUT2D eigenvalue weighted by atomic mass is 35.5. The van der Waals surface area contributed by atoms with Gasteiger partial charge < -0.3 is 20.1 Å². The van der Waals surface area contributed by atoms with E-state index in [0.29, 0.717) is 25.2 Å². The number of ether oxygens (including phenoxy) is 2. The fraction of sp³-hybridized carbons (Fsp3) is 0.533. The lowest BCUT2D eigenvalue weighted by atomic mass is 10.1. The van der Waals surface area contributed by atoms with E-state index in [4.69, 9.17) is 4.74 Å². The molecule has 1 aromatic carbocycles. The number of amides is 1. The van der Waals surface area contributed by atoms with Gasteiger partial charge in [0.1, 0.15) is 5.75 Å². The van der Waals surface area contributed by atoms with Crippen LogP contribution in [0.5, 0.6) is 5.75 Å². The van der Waals surface area contributed by atoms with Gasteiger partial charge >= 0.3 is 6.61 Å². The van der Waals surface area contributed by atoms with Crippen LogP contribution in [0, 0.1) is 0 Å². The maximum atomic E-state index is 12.2. The average Bonchev–Trinajstić information content (AvgIpc) is 2.47. The molecule has 1 aromatic rings. The number of hydrogen-bond donors (Lipinski definition) is 2. The fourth-order valence-electron chi connectivity index (χ4n) is 2.32. The maximum Gasteiger partial charge on any atom is 0.387 e. The van der Waals surface area contributed by atoms with E-state index in [2.05, 4.69) is 15.4 Å². The van der Waals surface area contributed by atoms with Gasteiger partial charge in [0, 0.05) is 19.0 Å². The summed E-state index contributed by atoms with van der Waals surface area (Å²) in [5.41, 5.74) is 0.708. The van der Waals surface area contributed by atoms with Crippen LogP contribution in [0.4, 0.5) is 8.78 Å². The number of morpholine rings is 1. The van der Waals surface area contributed by atoms with Gasteiger partial charge in [0.25, 0.3) is 0 Å². The van der Waals surface area contributed by atoms with Crippen molar-refractivity contribution in [3.63, 3.8) is 0 Å². The Morgan fingerprint density at radius 2 is 2.30 bits per heavy atom. The van der Waals surface area contributed by atoms with Crippen molar-refractivity contribution >= 4 is 18.3 Å². The number of carbonyl (C=O) groups excluding carboxylic acids is 1. The van der Waals surface area contributed by atoms with Crippen LogP contribution in [0.1, 0.15) is 24.9 Å². The summed E-state index contributed by atoms with van der Waals surface area (Å²) in [7, 11) is 0. The molecule has 0 spiro atoms. The summed E-state index contributed by atoms with van der Waals surface area (Å²) >= 11 is 0. The predicted octanol–water partition coefficient (Wildman–Crippen LogP) is 2.27. The maximum absolute atomic E-state index is 12.2. The van der Waals surface area contributed by atoms with Crippen molar-refractivity contribution in [2.75, 3.05) is 19.8 Å². The Bertz CT molecular complexity index is 499. The van der Waals surface area contributed by atoms with Gasteiger partial charge in [-0.2, -0.15) is 8.78 Å². The Hall–Kier alpha value is -1.44. The molecule has 0 radical (unpaired) electrons. The van der Waals surface area contributed by atoms with Crippen molar-refractivity contribution < 1.29 is 23.0 Å². The summed E-state index contributed by atoms with van der Waals surface area (Å²) < 4.78 is 34.1. The van der Waals surface area contributed by atoms with Crippen LogP contribution in [-0.2, 0) is 9.53 Å². The third kappa shape index (κ3) is 6.68. The van der Waals surface area contributed by atoms with E-state index >= 15 is 0 Å². The normalized spacial score (nSPS) is 18.9. The van der Waals surface area contributed by atoms with E-state index in [0.717, 1.165) is 6.54 Å². The molecule has 23 heavy (non-hydrogen) atoms. The lowest BCUT2D eigenvalue weighted by Crippen LogP contribution is -2.44. The molecule has 2 unspecified atom stereocenters. The molecule has 1 amide bonds. The van der Waals surface area contributed by atoms with Crippen LogP contribution >= 0.6 is 12.4 Å². The van der Waals surface area contributed by atoms with Crippen LogP contribution in [0.2, 0.25) is 0 Å². The highest BCUT2D eigenvalue weighted by molar-refractivity contribution is 5.85. The van der Waals surface area contributed by atoms with Gasteiger partial charge in [-0.05, 0) is 24.6 Å². The highest BCUT2D eigenvalue weighted by Crippen LogP contribution is 2.20. The molecule has 8 heteroatoms. The quantitative estimate of drug-likeness (QED) is 0.826. The Labute approximate surface area is 140 Å². The molecule has 1 aliphatic rings. The third-order valence-electron chi connectivity index (χ3n) is 3.39. The number of nitrogens with one attached hydrogen (secondary N) is 2. The Morgan fingerprint density at radius 1 is 1.52 bits per heavy atom. The summed E-state index contributed by atoms with van der Waals surface area (Å²) in [4.78, 5) is 12.0. The van der Waals surface area contributed by atoms with Gasteiger partial charge in [-0.1, -0.05) is 12.1 Å². The average molecular weight is 351 g/mol. The van der Waals surface area contributed by atoms with E-state index in [-0.39, 0.29) is 36.1 Å². The van der Waals surface area contributed by atoms with Crippen molar-refractivity contribution in [1.29, 1.82) is 0 Å². The molecule has 2 rings (SSSR count). The number of benzene rings is 1. The van der Waals surface area contributed by atoms with E-state index in [1.165, 1.54) is 12.1 Å². The summed E-state index contributed by atoms with van der Waals surface area (Å²) in [6.07, 6.45) is 0.317. The largest absolute Gasteiger partial charge is 0.435 e. The highest BCUT2D eigenvalue weighted by Gasteiger charge is 2.18. The van der Waals surface area contributed by atoms with Crippen molar-refractivity contribution in [3.8, 4) is 5.75 Å². The van der Waals surface area contributed by atoms with Crippen LogP contribution < -0.4 is 15.4 Å². The molecule has 2 N–H and O–H groups in total. The van der Waals surface area contributed by atoms with Crippen molar-refractivity contribution in [2.45, 2.75) is 32.0 Å². The number of alkyl halides is 2. The fourth-order valence-corrected chi connectivity index (χ4v) is 2.32. The van der Waals surface area contributed by atoms with Crippen LogP contribution in [0.25, 0.3) is 0 Å². The van der Waals surface area contributed by atoms with Gasteiger partial charge in [0.15, 0.2) is 0 Å². The lowest BCUT2D eigenvalue weighted by molar-refractivity contribution is -0.122. The predicted molar refractivity (Wildman–Crippen MR) is 84.1 cm³/mol. The lowest BCUT2D eigenvalue weighted by Gasteiger charge is -2.24. The molecular formula is C15H21ClF2N2O3. The minimum atomic E-state index is -2.86. The van der Waals surface area contributed by atoms with Gasteiger partial charge in [0.2, 0.25) is 5.91 Å². The van der Waals surface area contributed by atoms with Crippen molar-refractivity contribution in [2.24, 2.45) is 0 Å². The van der Waals surface area contributed by atoms with Gasteiger partial charge in [-0.25, -0.2) is 0 Å². The second kappa shape index (κ2) is 9.64. The van der Waals surface area contributed by atoms with Gasteiger partial charge in [0.05, 0.1) is 19.3 Å². The Kier molecular flexibility index (Phi) is 8.22. The van der Waals surface area contributed by atoms with Crippen molar-refractivity contribution in [3.05, 3.63) is 29.8 Å². The molecular weight excluding hydrogens is 330 g/mol. The van der Waals surface area contributed by atoms with E-state index < -0.39 is 6.61 Å². The molecule has 5 nitrogen and oxygen atoms in total. The van der Waals surface area contributed by atoms with Crippen LogP contribution in [-0.4, -0.2) is 38.3 Å². The summed E-state index contributed by atoms with van der Waals surface area (Å²) in [5, 5.41) is 6.05. The first-order chi connectivity index (χ1) is 10.5. The van der Waals surface area contributed by atoms with E-state index in [1.54, 1.807) is 19.1 Å². The van der Waals surface area contributed by atoms with Crippen LogP contribution in [0.15, 0.2) is 24.3 Å². The summed E-state index contributed by atoms with van der Waals surface area (Å²) in [6, 6.07) is 6.04. The molecule has 2 atom stereocenters. The molecule has 0 bridgehead atoms. The third-order valence-corrected chi connectivity index (χ3v) is 3.39. The SMILES string of the molecule is CC(NC(=O)CC1COCCN1)c1cccc(OC(F)F)c1.Cl. The first-order valence-corrected chi connectivity index (χ1v) is 7.20. The zero-order valence-corrected chi connectivity index (χ0v) is 13.6. The van der Waals surface area contributed by atoms with E-state index in [9.17, 15) is 13.6 Å². The topological polar surface area (TPSA) is 59.6 Å². The number of halogens is 3. The Balaban J connectivity index is 0.00000264. The number of carbonyl (C=O) groups is 1. The molecule has 0 saturated carbocycles. The van der Waals surface area contributed by atoms with Gasteiger partial charge in [-0.15, -0.1) is 12.4 Å². The zero-order valence-electron chi connectivity index (χ0n) is 12.8. The van der Waals surface area contributed by atoms with E-state index in [1.807, 2.05) is 0 Å². The van der Waals surface area contributed by atoms with Crippen LogP contribution in [0.3, 0.4) is 0 Å². The minimum absolute atomic E-state index is 0. The smallest absolute Gasteiger partial charge is 0.387 e. The number of rotatable bonds is 6. The number of hydrogen-bond acceptors (Lipinski definition) is 4. The monoisotopic (exact) mass is 350 g/mol.